The first-order chi connectivity index (χ1) is 10.1. The van der Waals surface area contributed by atoms with Crippen LogP contribution >= 0.6 is 0 Å². The topological polar surface area (TPSA) is 104 Å². The molecule has 126 valence electrons. The Labute approximate surface area is 127 Å². The fourth-order valence-electron chi connectivity index (χ4n) is 2.79. The summed E-state index contributed by atoms with van der Waals surface area (Å²) in [7, 11) is 0. The number of hydrogen-bond acceptors (Lipinski definition) is 6. The Bertz CT molecular complexity index is 250. The van der Waals surface area contributed by atoms with E-state index in [2.05, 4.69) is 0 Å². The van der Waals surface area contributed by atoms with Crippen LogP contribution in [0.3, 0.4) is 0 Å². The van der Waals surface area contributed by atoms with Crippen LogP contribution in [0.1, 0.15) is 44.9 Å². The predicted molar refractivity (Wildman–Crippen MR) is 79.9 cm³/mol. The smallest absolute Gasteiger partial charge is 0.110 e. The van der Waals surface area contributed by atoms with Gasteiger partial charge in [-0.3, -0.25) is 4.90 Å². The maximum absolute atomic E-state index is 9.76. The first kappa shape index (κ1) is 18.8. The molecule has 0 aromatic rings. The highest BCUT2D eigenvalue weighted by Gasteiger charge is 2.35. The third-order valence-corrected chi connectivity index (χ3v) is 4.16. The highest BCUT2D eigenvalue weighted by atomic mass is 16.4. The molecular formula is C15H31NO5. The SMILES string of the molecule is OCCCCCCCCCN1C[C@@H](O)[C@H](O)[C@H](O)[C@@H](O)C1. The van der Waals surface area contributed by atoms with Crippen molar-refractivity contribution in [2.45, 2.75) is 69.4 Å². The minimum absolute atomic E-state index is 0.275. The minimum Gasteiger partial charge on any atom is -0.396 e. The van der Waals surface area contributed by atoms with Gasteiger partial charge in [0.05, 0.1) is 12.2 Å². The molecule has 1 rings (SSSR count). The average Bonchev–Trinajstić information content (AvgIpc) is 2.55. The molecule has 0 bridgehead atoms. The Hall–Kier alpha value is -0.240. The van der Waals surface area contributed by atoms with Gasteiger partial charge in [-0.05, 0) is 19.4 Å². The summed E-state index contributed by atoms with van der Waals surface area (Å²) in [6, 6.07) is 0. The van der Waals surface area contributed by atoms with Crippen LogP contribution < -0.4 is 0 Å². The van der Waals surface area contributed by atoms with Crippen molar-refractivity contribution in [3.05, 3.63) is 0 Å². The molecule has 0 aromatic carbocycles. The fourth-order valence-corrected chi connectivity index (χ4v) is 2.79. The van der Waals surface area contributed by atoms with E-state index in [0.29, 0.717) is 0 Å². The second-order valence-corrected chi connectivity index (χ2v) is 6.07. The Balaban J connectivity index is 2.14. The summed E-state index contributed by atoms with van der Waals surface area (Å²) in [5, 5.41) is 47.4. The van der Waals surface area contributed by atoms with Gasteiger partial charge in [0.15, 0.2) is 0 Å². The maximum Gasteiger partial charge on any atom is 0.110 e. The summed E-state index contributed by atoms with van der Waals surface area (Å²) in [6.07, 6.45) is 2.90. The number of likely N-dealkylation sites (tertiary alicyclic amines) is 1. The van der Waals surface area contributed by atoms with Crippen LogP contribution in [-0.4, -0.2) is 81.1 Å². The van der Waals surface area contributed by atoms with E-state index in [0.717, 1.165) is 45.1 Å². The molecule has 5 N–H and O–H groups in total. The summed E-state index contributed by atoms with van der Waals surface area (Å²) in [4.78, 5) is 1.90. The molecule has 0 saturated carbocycles. The van der Waals surface area contributed by atoms with E-state index in [-0.39, 0.29) is 19.7 Å². The molecule has 21 heavy (non-hydrogen) atoms. The zero-order valence-corrected chi connectivity index (χ0v) is 12.8. The van der Waals surface area contributed by atoms with E-state index in [1.54, 1.807) is 0 Å². The van der Waals surface area contributed by atoms with Gasteiger partial charge in [0.2, 0.25) is 0 Å². The van der Waals surface area contributed by atoms with Crippen molar-refractivity contribution in [1.29, 1.82) is 0 Å². The van der Waals surface area contributed by atoms with E-state index >= 15 is 0 Å². The van der Waals surface area contributed by atoms with E-state index in [9.17, 15) is 20.4 Å². The fraction of sp³-hybridized carbons (Fsp3) is 1.00. The summed E-state index contributed by atoms with van der Waals surface area (Å²) < 4.78 is 0. The Morgan fingerprint density at radius 1 is 0.667 bits per heavy atom. The first-order valence-electron chi connectivity index (χ1n) is 8.11. The minimum atomic E-state index is -1.28. The molecule has 0 amide bonds. The lowest BCUT2D eigenvalue weighted by Crippen LogP contribution is -2.43. The summed E-state index contributed by atoms with van der Waals surface area (Å²) in [6.45, 7) is 1.60. The van der Waals surface area contributed by atoms with Crippen molar-refractivity contribution in [1.82, 2.24) is 4.90 Å². The van der Waals surface area contributed by atoms with Crippen LogP contribution in [0, 0.1) is 0 Å². The summed E-state index contributed by atoms with van der Waals surface area (Å²) >= 11 is 0. The van der Waals surface area contributed by atoms with Gasteiger partial charge in [0.25, 0.3) is 0 Å². The second-order valence-electron chi connectivity index (χ2n) is 6.07. The van der Waals surface area contributed by atoms with Crippen LogP contribution in [0.15, 0.2) is 0 Å². The largest absolute Gasteiger partial charge is 0.396 e. The van der Waals surface area contributed by atoms with Gasteiger partial charge in [0, 0.05) is 19.7 Å². The van der Waals surface area contributed by atoms with Crippen LogP contribution in [0.25, 0.3) is 0 Å². The molecule has 1 aliphatic rings. The lowest BCUT2D eigenvalue weighted by Gasteiger charge is -2.23. The van der Waals surface area contributed by atoms with Gasteiger partial charge in [0.1, 0.15) is 12.2 Å². The van der Waals surface area contributed by atoms with Crippen LogP contribution in [0.4, 0.5) is 0 Å². The second kappa shape index (κ2) is 10.5. The highest BCUT2D eigenvalue weighted by Crippen LogP contribution is 2.15. The van der Waals surface area contributed by atoms with E-state index in [4.69, 9.17) is 5.11 Å². The van der Waals surface area contributed by atoms with Crippen molar-refractivity contribution in [2.24, 2.45) is 0 Å². The molecule has 0 radical (unpaired) electrons. The van der Waals surface area contributed by atoms with Crippen molar-refractivity contribution in [3.63, 3.8) is 0 Å². The molecule has 0 spiro atoms. The number of unbranched alkanes of at least 4 members (excludes halogenated alkanes) is 6. The predicted octanol–water partition coefficient (Wildman–Crippen LogP) is -0.531. The maximum atomic E-state index is 9.76. The van der Waals surface area contributed by atoms with E-state index < -0.39 is 24.4 Å². The van der Waals surface area contributed by atoms with Gasteiger partial charge in [-0.15, -0.1) is 0 Å². The molecule has 0 aromatic heterocycles. The molecule has 1 aliphatic heterocycles. The van der Waals surface area contributed by atoms with Crippen molar-refractivity contribution < 1.29 is 25.5 Å². The molecule has 6 heteroatoms. The molecular weight excluding hydrogens is 274 g/mol. The quantitative estimate of drug-likeness (QED) is 0.367. The normalized spacial score (nSPS) is 31.3. The third-order valence-electron chi connectivity index (χ3n) is 4.16. The number of aliphatic hydroxyl groups excluding tert-OH is 5. The molecule has 1 saturated heterocycles. The van der Waals surface area contributed by atoms with Gasteiger partial charge in [-0.25, -0.2) is 0 Å². The van der Waals surface area contributed by atoms with E-state index in [1.165, 1.54) is 6.42 Å². The Morgan fingerprint density at radius 2 is 1.10 bits per heavy atom. The van der Waals surface area contributed by atoms with Crippen LogP contribution in [0.2, 0.25) is 0 Å². The number of hydrogen-bond donors (Lipinski definition) is 5. The Kier molecular flexibility index (Phi) is 9.39. The van der Waals surface area contributed by atoms with Crippen molar-refractivity contribution in [3.8, 4) is 0 Å². The molecule has 1 heterocycles. The lowest BCUT2D eigenvalue weighted by atomic mass is 10.1. The van der Waals surface area contributed by atoms with Gasteiger partial charge in [-0.1, -0.05) is 32.1 Å². The standard InChI is InChI=1S/C15H31NO5/c17-9-7-5-3-1-2-4-6-8-16-10-12(18)14(20)15(21)13(19)11-16/h12-15,17-21H,1-11H2/t12-,13+,14+,15-. The molecule has 4 atom stereocenters. The number of aliphatic hydroxyl groups is 5. The highest BCUT2D eigenvalue weighted by molar-refractivity contribution is 4.88. The van der Waals surface area contributed by atoms with Crippen LogP contribution in [0.5, 0.6) is 0 Å². The van der Waals surface area contributed by atoms with Gasteiger partial charge >= 0.3 is 0 Å². The average molecular weight is 305 g/mol. The zero-order chi connectivity index (χ0) is 15.7. The van der Waals surface area contributed by atoms with Crippen molar-refractivity contribution in [2.75, 3.05) is 26.2 Å². The number of β-amino-alcohol motifs (C(OH)–C–C–N with tert-alkyl or cyclic N) is 2. The zero-order valence-electron chi connectivity index (χ0n) is 12.8. The monoisotopic (exact) mass is 305 g/mol. The number of nitrogens with zero attached hydrogens (tertiary/aromatic N) is 1. The number of rotatable bonds is 9. The molecule has 6 nitrogen and oxygen atoms in total. The van der Waals surface area contributed by atoms with Gasteiger partial charge in [-0.2, -0.15) is 0 Å². The van der Waals surface area contributed by atoms with Crippen molar-refractivity contribution >= 4 is 0 Å². The molecule has 0 unspecified atom stereocenters. The lowest BCUT2D eigenvalue weighted by molar-refractivity contribution is -0.0894. The third kappa shape index (κ3) is 7.04. The van der Waals surface area contributed by atoms with Gasteiger partial charge < -0.3 is 25.5 Å². The Morgan fingerprint density at radius 3 is 1.57 bits per heavy atom. The van der Waals surface area contributed by atoms with E-state index in [1.807, 2.05) is 4.90 Å². The molecule has 1 fully saturated rings. The summed E-state index contributed by atoms with van der Waals surface area (Å²) in [5.41, 5.74) is 0. The molecule has 0 aliphatic carbocycles. The summed E-state index contributed by atoms with van der Waals surface area (Å²) in [5.74, 6) is 0. The van der Waals surface area contributed by atoms with Crippen LogP contribution in [-0.2, 0) is 0 Å². The first-order valence-corrected chi connectivity index (χ1v) is 8.11.